The zero-order chi connectivity index (χ0) is 23.1. The van der Waals surface area contributed by atoms with Crippen LogP contribution in [0.4, 0.5) is 4.79 Å². The van der Waals surface area contributed by atoms with Crippen molar-refractivity contribution in [2.45, 2.75) is 32.7 Å². The van der Waals surface area contributed by atoms with Gasteiger partial charge in [0.15, 0.2) is 0 Å². The van der Waals surface area contributed by atoms with Crippen molar-refractivity contribution in [1.82, 2.24) is 15.5 Å². The summed E-state index contributed by atoms with van der Waals surface area (Å²) >= 11 is 0. The molecule has 0 radical (unpaired) electrons. The number of nitrogens with one attached hydrogen (secondary N) is 2. The van der Waals surface area contributed by atoms with Crippen molar-refractivity contribution < 1.29 is 28.6 Å². The number of methoxy groups -OCH3 is 1. The van der Waals surface area contributed by atoms with Crippen LogP contribution in [0.3, 0.4) is 0 Å². The molecule has 0 spiro atoms. The number of piperidine rings is 1. The van der Waals surface area contributed by atoms with Crippen molar-refractivity contribution in [2.75, 3.05) is 40.0 Å². The highest BCUT2D eigenvalue weighted by Crippen LogP contribution is 2.30. The van der Waals surface area contributed by atoms with Crippen LogP contribution in [0, 0.1) is 5.92 Å². The Morgan fingerprint density at radius 2 is 1.72 bits per heavy atom. The van der Waals surface area contributed by atoms with E-state index in [1.54, 1.807) is 33.1 Å². The lowest BCUT2D eigenvalue weighted by molar-refractivity contribution is -0.149. The van der Waals surface area contributed by atoms with E-state index in [2.05, 4.69) is 15.5 Å². The first kappa shape index (κ1) is 23.6. The van der Waals surface area contributed by atoms with Gasteiger partial charge in [0.2, 0.25) is 0 Å². The predicted molar refractivity (Wildman–Crippen MR) is 117 cm³/mol. The molecule has 2 aliphatic heterocycles. The van der Waals surface area contributed by atoms with E-state index in [0.29, 0.717) is 56.1 Å². The fraction of sp³-hybridized carbons (Fsp3) is 0.522. The number of likely N-dealkylation sites (tertiary alicyclic amines) is 1. The van der Waals surface area contributed by atoms with E-state index in [-0.39, 0.29) is 24.5 Å². The number of rotatable bonds is 8. The number of esters is 2. The van der Waals surface area contributed by atoms with Crippen LogP contribution in [0.5, 0.6) is 5.75 Å². The Morgan fingerprint density at radius 1 is 1.06 bits per heavy atom. The molecule has 2 amide bonds. The molecule has 0 unspecified atom stereocenters. The Balaban J connectivity index is 1.83. The van der Waals surface area contributed by atoms with E-state index in [9.17, 15) is 14.4 Å². The second kappa shape index (κ2) is 11.0. The number of nitrogens with zero attached hydrogens (tertiary/aromatic N) is 1. The minimum Gasteiger partial charge on any atom is -0.497 e. The maximum absolute atomic E-state index is 12.9. The van der Waals surface area contributed by atoms with Crippen LogP contribution in [-0.2, 0) is 19.1 Å². The molecule has 0 saturated carbocycles. The summed E-state index contributed by atoms with van der Waals surface area (Å²) in [4.78, 5) is 39.5. The standard InChI is InChI=1S/C23H31N3O6/c1-4-31-21(27)16-10-12-26(13-11-16)14-18-19(22(28)32-5-2)20(25-23(29)24-18)15-6-8-17(30-3)9-7-15/h6-9,16,20H,4-5,10-14H2,1-3H3,(H2,24,25,29)/t20-/m0/s1. The topological polar surface area (TPSA) is 106 Å². The molecule has 1 saturated heterocycles. The molecule has 1 atom stereocenters. The van der Waals surface area contributed by atoms with Crippen LogP contribution in [0.1, 0.15) is 38.3 Å². The van der Waals surface area contributed by atoms with E-state index in [0.717, 1.165) is 5.56 Å². The maximum atomic E-state index is 12.9. The van der Waals surface area contributed by atoms with Gasteiger partial charge in [0.25, 0.3) is 0 Å². The van der Waals surface area contributed by atoms with E-state index in [4.69, 9.17) is 14.2 Å². The summed E-state index contributed by atoms with van der Waals surface area (Å²) in [5, 5.41) is 5.63. The van der Waals surface area contributed by atoms with E-state index in [1.165, 1.54) is 0 Å². The van der Waals surface area contributed by atoms with Gasteiger partial charge >= 0.3 is 18.0 Å². The van der Waals surface area contributed by atoms with Crippen molar-refractivity contribution in [3.8, 4) is 5.75 Å². The lowest BCUT2D eigenvalue weighted by atomic mass is 9.93. The van der Waals surface area contributed by atoms with E-state index >= 15 is 0 Å². The molecule has 0 bridgehead atoms. The Kier molecular flexibility index (Phi) is 8.10. The van der Waals surface area contributed by atoms with Crippen molar-refractivity contribution in [2.24, 2.45) is 5.92 Å². The fourth-order valence-corrected chi connectivity index (χ4v) is 4.05. The van der Waals surface area contributed by atoms with Gasteiger partial charge in [-0.05, 0) is 57.5 Å². The quantitative estimate of drug-likeness (QED) is 0.591. The smallest absolute Gasteiger partial charge is 0.338 e. The summed E-state index contributed by atoms with van der Waals surface area (Å²) in [5.74, 6) is -0.0646. The van der Waals surface area contributed by atoms with Crippen molar-refractivity contribution in [3.05, 3.63) is 41.1 Å². The third-order valence-corrected chi connectivity index (χ3v) is 5.69. The van der Waals surface area contributed by atoms with Crippen LogP contribution < -0.4 is 15.4 Å². The second-order valence-electron chi connectivity index (χ2n) is 7.72. The Bertz CT molecular complexity index is 859. The summed E-state index contributed by atoms with van der Waals surface area (Å²) in [6.45, 7) is 5.86. The van der Waals surface area contributed by atoms with Gasteiger partial charge in [0, 0.05) is 12.2 Å². The Morgan fingerprint density at radius 3 is 2.31 bits per heavy atom. The third kappa shape index (κ3) is 5.59. The molecule has 1 aromatic carbocycles. The molecule has 32 heavy (non-hydrogen) atoms. The number of carbonyl (C=O) groups is 3. The number of hydrogen-bond donors (Lipinski definition) is 2. The lowest BCUT2D eigenvalue weighted by Crippen LogP contribution is -2.49. The molecule has 2 aliphatic rings. The molecule has 2 heterocycles. The molecule has 0 aliphatic carbocycles. The SMILES string of the molecule is CCOC(=O)C1=C(CN2CCC(C(=O)OCC)CC2)NC(=O)N[C@H]1c1ccc(OC)cc1. The summed E-state index contributed by atoms with van der Waals surface area (Å²) in [7, 11) is 1.58. The average molecular weight is 446 g/mol. The normalized spacial score (nSPS) is 19.7. The zero-order valence-corrected chi connectivity index (χ0v) is 18.8. The molecule has 1 fully saturated rings. The molecule has 2 N–H and O–H groups in total. The first-order valence-electron chi connectivity index (χ1n) is 11.0. The molecular weight excluding hydrogens is 414 g/mol. The van der Waals surface area contributed by atoms with Crippen LogP contribution in [0.15, 0.2) is 35.5 Å². The fourth-order valence-electron chi connectivity index (χ4n) is 4.05. The van der Waals surface area contributed by atoms with Gasteiger partial charge in [0.05, 0.1) is 37.9 Å². The van der Waals surface area contributed by atoms with Gasteiger partial charge in [0.1, 0.15) is 5.75 Å². The van der Waals surface area contributed by atoms with Gasteiger partial charge in [-0.25, -0.2) is 9.59 Å². The highest BCUT2D eigenvalue weighted by Gasteiger charge is 2.35. The Labute approximate surface area is 188 Å². The number of ether oxygens (including phenoxy) is 3. The van der Waals surface area contributed by atoms with Crippen LogP contribution in [0.25, 0.3) is 0 Å². The summed E-state index contributed by atoms with van der Waals surface area (Å²) in [6, 6.07) is 6.18. The average Bonchev–Trinajstić information content (AvgIpc) is 2.79. The highest BCUT2D eigenvalue weighted by molar-refractivity contribution is 5.95. The van der Waals surface area contributed by atoms with Crippen molar-refractivity contribution in [3.63, 3.8) is 0 Å². The largest absolute Gasteiger partial charge is 0.497 e. The van der Waals surface area contributed by atoms with Gasteiger partial charge in [-0.15, -0.1) is 0 Å². The molecule has 0 aromatic heterocycles. The zero-order valence-electron chi connectivity index (χ0n) is 18.8. The summed E-state index contributed by atoms with van der Waals surface area (Å²) < 4.78 is 15.7. The second-order valence-corrected chi connectivity index (χ2v) is 7.72. The summed E-state index contributed by atoms with van der Waals surface area (Å²) in [5.41, 5.74) is 1.65. The monoisotopic (exact) mass is 445 g/mol. The minimum atomic E-state index is -0.638. The number of hydrogen-bond acceptors (Lipinski definition) is 7. The molecule has 9 nitrogen and oxygen atoms in total. The van der Waals surface area contributed by atoms with E-state index in [1.807, 2.05) is 12.1 Å². The van der Waals surface area contributed by atoms with Crippen molar-refractivity contribution >= 4 is 18.0 Å². The van der Waals surface area contributed by atoms with Gasteiger partial charge < -0.3 is 24.8 Å². The highest BCUT2D eigenvalue weighted by atomic mass is 16.5. The van der Waals surface area contributed by atoms with Gasteiger partial charge in [-0.1, -0.05) is 12.1 Å². The van der Waals surface area contributed by atoms with E-state index < -0.39 is 12.0 Å². The summed E-state index contributed by atoms with van der Waals surface area (Å²) in [6.07, 6.45) is 1.35. The molecule has 9 heteroatoms. The van der Waals surface area contributed by atoms with Crippen LogP contribution in [-0.4, -0.2) is 62.8 Å². The van der Waals surface area contributed by atoms with Gasteiger partial charge in [-0.2, -0.15) is 0 Å². The molecular formula is C23H31N3O6. The lowest BCUT2D eigenvalue weighted by Gasteiger charge is -2.35. The van der Waals surface area contributed by atoms with Crippen LogP contribution >= 0.6 is 0 Å². The third-order valence-electron chi connectivity index (χ3n) is 5.69. The first-order chi connectivity index (χ1) is 15.5. The predicted octanol–water partition coefficient (Wildman–Crippen LogP) is 2.14. The number of amides is 2. The molecule has 174 valence electrons. The Hall–Kier alpha value is -3.07. The van der Waals surface area contributed by atoms with Crippen LogP contribution in [0.2, 0.25) is 0 Å². The van der Waals surface area contributed by atoms with Crippen molar-refractivity contribution in [1.29, 1.82) is 0 Å². The maximum Gasteiger partial charge on any atom is 0.338 e. The molecule has 1 aromatic rings. The number of carbonyl (C=O) groups excluding carboxylic acids is 3. The number of urea groups is 1. The van der Waals surface area contributed by atoms with Gasteiger partial charge in [-0.3, -0.25) is 9.69 Å². The number of benzene rings is 1. The minimum absolute atomic E-state index is 0.112. The molecule has 3 rings (SSSR count). The first-order valence-corrected chi connectivity index (χ1v) is 11.0.